The minimum absolute atomic E-state index is 0.310. The first-order chi connectivity index (χ1) is 8.29. The lowest BCUT2D eigenvalue weighted by molar-refractivity contribution is 0.0600. The van der Waals surface area contributed by atoms with Crippen LogP contribution in [0.4, 0.5) is 0 Å². The lowest BCUT2D eigenvalue weighted by Crippen LogP contribution is -2.25. The number of carbonyl (C=O) groups excluding carboxylic acids is 1. The van der Waals surface area contributed by atoms with Crippen molar-refractivity contribution in [1.29, 1.82) is 0 Å². The molecule has 0 saturated carbocycles. The Morgan fingerprint density at radius 1 is 1.65 bits per heavy atom. The molecule has 0 bridgehead atoms. The summed E-state index contributed by atoms with van der Waals surface area (Å²) >= 11 is 0. The quantitative estimate of drug-likeness (QED) is 0.785. The minimum atomic E-state index is -0.376. The average molecular weight is 239 g/mol. The second kappa shape index (κ2) is 5.84. The zero-order valence-corrected chi connectivity index (χ0v) is 9.90. The summed E-state index contributed by atoms with van der Waals surface area (Å²) in [6, 6.07) is 1.69. The van der Waals surface area contributed by atoms with Gasteiger partial charge in [-0.2, -0.15) is 0 Å². The highest BCUT2D eigenvalue weighted by molar-refractivity contribution is 5.88. The maximum Gasteiger partial charge on any atom is 0.341 e. The van der Waals surface area contributed by atoms with Crippen LogP contribution < -0.4 is 5.32 Å². The summed E-state index contributed by atoms with van der Waals surface area (Å²) in [6.45, 7) is 2.27. The van der Waals surface area contributed by atoms with Gasteiger partial charge in [0.2, 0.25) is 0 Å². The van der Waals surface area contributed by atoms with Gasteiger partial charge >= 0.3 is 5.97 Å². The van der Waals surface area contributed by atoms with Crippen LogP contribution in [-0.4, -0.2) is 32.3 Å². The van der Waals surface area contributed by atoms with Crippen LogP contribution in [0.5, 0.6) is 0 Å². The van der Waals surface area contributed by atoms with Crippen molar-refractivity contribution in [3.8, 4) is 0 Å². The Morgan fingerprint density at radius 2 is 2.53 bits per heavy atom. The van der Waals surface area contributed by atoms with Crippen LogP contribution in [0.1, 0.15) is 29.0 Å². The predicted molar refractivity (Wildman–Crippen MR) is 60.7 cm³/mol. The molecule has 1 unspecified atom stereocenters. The van der Waals surface area contributed by atoms with Crippen molar-refractivity contribution in [2.75, 3.05) is 20.3 Å². The third kappa shape index (κ3) is 3.31. The fraction of sp³-hybridized carbons (Fsp3) is 0.583. The largest absolute Gasteiger partial charge is 0.467 e. The molecule has 2 heterocycles. The molecule has 1 aromatic heterocycles. The number of nitrogens with one attached hydrogen (secondary N) is 1. The lowest BCUT2D eigenvalue weighted by atomic mass is 10.2. The number of carbonyl (C=O) groups is 1. The predicted octanol–water partition coefficient (Wildman–Crippen LogP) is 1.33. The number of hydrogen-bond donors (Lipinski definition) is 1. The highest BCUT2D eigenvalue weighted by Crippen LogP contribution is 2.12. The second-order valence-corrected chi connectivity index (χ2v) is 4.06. The molecule has 5 nitrogen and oxygen atoms in total. The van der Waals surface area contributed by atoms with Gasteiger partial charge < -0.3 is 19.2 Å². The van der Waals surface area contributed by atoms with Crippen molar-refractivity contribution in [3.63, 3.8) is 0 Å². The van der Waals surface area contributed by atoms with Crippen LogP contribution in [0.25, 0.3) is 0 Å². The number of esters is 1. The van der Waals surface area contributed by atoms with Crippen LogP contribution in [-0.2, 0) is 16.0 Å². The third-order valence-corrected chi connectivity index (χ3v) is 2.77. The number of furan rings is 1. The first kappa shape index (κ1) is 12.1. The topological polar surface area (TPSA) is 60.7 Å². The van der Waals surface area contributed by atoms with E-state index >= 15 is 0 Å². The van der Waals surface area contributed by atoms with Crippen molar-refractivity contribution in [2.45, 2.75) is 25.5 Å². The molecule has 1 N–H and O–H groups in total. The first-order valence-corrected chi connectivity index (χ1v) is 5.77. The highest BCUT2D eigenvalue weighted by atomic mass is 16.5. The maximum atomic E-state index is 11.2. The Labute approximate surface area is 100 Å². The molecule has 0 spiro atoms. The smallest absolute Gasteiger partial charge is 0.341 e. The Kier molecular flexibility index (Phi) is 4.17. The molecule has 1 aliphatic rings. The molecule has 17 heavy (non-hydrogen) atoms. The normalized spacial score (nSPS) is 19.5. The van der Waals surface area contributed by atoms with Gasteiger partial charge in [0.05, 0.1) is 25.3 Å². The van der Waals surface area contributed by atoms with E-state index in [-0.39, 0.29) is 5.97 Å². The Balaban J connectivity index is 1.74. The monoisotopic (exact) mass is 239 g/mol. The summed E-state index contributed by atoms with van der Waals surface area (Å²) in [5.74, 6) is 0.350. The van der Waals surface area contributed by atoms with Gasteiger partial charge in [-0.1, -0.05) is 0 Å². The van der Waals surface area contributed by atoms with E-state index in [0.717, 1.165) is 31.8 Å². The van der Waals surface area contributed by atoms with Crippen molar-refractivity contribution in [3.05, 3.63) is 23.7 Å². The van der Waals surface area contributed by atoms with Crippen LogP contribution >= 0.6 is 0 Å². The molecular formula is C12H17NO4. The minimum Gasteiger partial charge on any atom is -0.467 e. The molecule has 0 aromatic carbocycles. The van der Waals surface area contributed by atoms with E-state index in [2.05, 4.69) is 10.1 Å². The molecule has 0 aliphatic carbocycles. The summed E-state index contributed by atoms with van der Waals surface area (Å²) < 4.78 is 15.3. The number of ether oxygens (including phenoxy) is 2. The van der Waals surface area contributed by atoms with Gasteiger partial charge in [0.1, 0.15) is 12.0 Å². The van der Waals surface area contributed by atoms with E-state index in [1.54, 1.807) is 6.07 Å². The van der Waals surface area contributed by atoms with E-state index in [4.69, 9.17) is 9.15 Å². The first-order valence-electron chi connectivity index (χ1n) is 5.77. The van der Waals surface area contributed by atoms with Gasteiger partial charge in [-0.05, 0) is 18.9 Å². The number of methoxy groups -OCH3 is 1. The van der Waals surface area contributed by atoms with Gasteiger partial charge in [-0.3, -0.25) is 0 Å². The summed E-state index contributed by atoms with van der Waals surface area (Å²) in [6.07, 6.45) is 3.97. The molecule has 0 amide bonds. The van der Waals surface area contributed by atoms with Gasteiger partial charge in [-0.25, -0.2) is 4.79 Å². The van der Waals surface area contributed by atoms with Crippen molar-refractivity contribution in [2.24, 2.45) is 0 Å². The van der Waals surface area contributed by atoms with Crippen LogP contribution in [0.3, 0.4) is 0 Å². The van der Waals surface area contributed by atoms with Gasteiger partial charge in [0, 0.05) is 13.2 Å². The molecule has 94 valence electrons. The Bertz CT molecular complexity index is 368. The van der Waals surface area contributed by atoms with Crippen molar-refractivity contribution in [1.82, 2.24) is 5.32 Å². The molecule has 1 aliphatic heterocycles. The highest BCUT2D eigenvalue weighted by Gasteiger charge is 2.15. The lowest BCUT2D eigenvalue weighted by Gasteiger charge is -2.09. The summed E-state index contributed by atoms with van der Waals surface area (Å²) in [5.41, 5.74) is 0.446. The zero-order valence-electron chi connectivity index (χ0n) is 9.90. The van der Waals surface area contributed by atoms with E-state index in [9.17, 15) is 4.79 Å². The molecule has 0 radical (unpaired) electrons. The molecule has 1 atom stereocenters. The van der Waals surface area contributed by atoms with Crippen molar-refractivity contribution < 1.29 is 18.7 Å². The van der Waals surface area contributed by atoms with E-state index in [0.29, 0.717) is 18.2 Å². The summed E-state index contributed by atoms with van der Waals surface area (Å²) in [5, 5.41) is 3.24. The SMILES string of the molecule is COC(=O)c1coc(CNCC2CCCO2)c1. The fourth-order valence-corrected chi connectivity index (χ4v) is 1.86. The molecule has 1 saturated heterocycles. The zero-order chi connectivity index (χ0) is 12.1. The summed E-state index contributed by atoms with van der Waals surface area (Å²) in [7, 11) is 1.35. The number of hydrogen-bond acceptors (Lipinski definition) is 5. The number of rotatable bonds is 5. The molecule has 1 aromatic rings. The molecule has 2 rings (SSSR count). The molecule has 5 heteroatoms. The second-order valence-electron chi connectivity index (χ2n) is 4.06. The van der Waals surface area contributed by atoms with Crippen LogP contribution in [0.15, 0.2) is 16.7 Å². The molecule has 1 fully saturated rings. The van der Waals surface area contributed by atoms with E-state index in [1.165, 1.54) is 13.4 Å². The molecular weight excluding hydrogens is 222 g/mol. The van der Waals surface area contributed by atoms with Crippen LogP contribution in [0.2, 0.25) is 0 Å². The van der Waals surface area contributed by atoms with Crippen LogP contribution in [0, 0.1) is 0 Å². The van der Waals surface area contributed by atoms with E-state index in [1.807, 2.05) is 0 Å². The van der Waals surface area contributed by atoms with E-state index < -0.39 is 0 Å². The standard InChI is InChI=1S/C12H17NO4/c1-15-12(14)9-5-11(17-8-9)7-13-6-10-3-2-4-16-10/h5,8,10,13H,2-4,6-7H2,1H3. The Morgan fingerprint density at radius 3 is 3.24 bits per heavy atom. The van der Waals surface area contributed by atoms with Gasteiger partial charge in [-0.15, -0.1) is 0 Å². The van der Waals surface area contributed by atoms with Gasteiger partial charge in [0.15, 0.2) is 0 Å². The van der Waals surface area contributed by atoms with Gasteiger partial charge in [0.25, 0.3) is 0 Å². The summed E-state index contributed by atoms with van der Waals surface area (Å²) in [4.78, 5) is 11.2. The maximum absolute atomic E-state index is 11.2. The average Bonchev–Trinajstić information content (AvgIpc) is 2.99. The Hall–Kier alpha value is -1.33. The fourth-order valence-electron chi connectivity index (χ4n) is 1.86. The third-order valence-electron chi connectivity index (χ3n) is 2.77. The van der Waals surface area contributed by atoms with Crippen molar-refractivity contribution >= 4 is 5.97 Å².